The molecule has 0 aliphatic carbocycles. The van der Waals surface area contributed by atoms with Gasteiger partial charge in [-0.1, -0.05) is 51.1 Å². The zero-order valence-corrected chi connectivity index (χ0v) is 6.81. The third-order valence-electron chi connectivity index (χ3n) is 1.57. The van der Waals surface area contributed by atoms with Crippen LogP contribution < -0.4 is 0 Å². The summed E-state index contributed by atoms with van der Waals surface area (Å²) in [7, 11) is 0. The molecule has 0 saturated heterocycles. The van der Waals surface area contributed by atoms with E-state index < -0.39 is 0 Å². The van der Waals surface area contributed by atoms with E-state index in [1.807, 2.05) is 12.1 Å². The van der Waals surface area contributed by atoms with Crippen LogP contribution in [0.3, 0.4) is 0 Å². The molecule has 54 valence electrons. The molecule has 0 heterocycles. The smallest absolute Gasteiger partial charge is 0.0622 e. The summed E-state index contributed by atoms with van der Waals surface area (Å²) in [5.41, 5.74) is 1.39. The van der Waals surface area contributed by atoms with Crippen LogP contribution in [0.4, 0.5) is 0 Å². The van der Waals surface area contributed by atoms with Gasteiger partial charge in [-0.05, 0) is 11.0 Å². The molecule has 0 aliphatic rings. The van der Waals surface area contributed by atoms with Crippen molar-refractivity contribution < 1.29 is 1.37 Å². The Morgan fingerprint density at radius 1 is 1.20 bits per heavy atom. The summed E-state index contributed by atoms with van der Waals surface area (Å²) in [6, 6.07) is 8.31. The lowest BCUT2D eigenvalue weighted by atomic mass is 9.87. The molecule has 0 bridgehead atoms. The Labute approximate surface area is 64.3 Å². The van der Waals surface area contributed by atoms with E-state index in [0.29, 0.717) is 6.04 Å². The van der Waals surface area contributed by atoms with Crippen molar-refractivity contribution in [1.82, 2.24) is 0 Å². The molecular formula is C10H14. The minimum Gasteiger partial charge on any atom is -0.0622 e. The Kier molecular flexibility index (Phi) is 1.46. The van der Waals surface area contributed by atoms with Crippen molar-refractivity contribution in [3.05, 3.63) is 35.9 Å². The zero-order chi connectivity index (χ0) is 8.48. The van der Waals surface area contributed by atoms with Gasteiger partial charge in [0, 0.05) is 0 Å². The number of hydrogen-bond acceptors (Lipinski definition) is 0. The van der Waals surface area contributed by atoms with E-state index >= 15 is 0 Å². The second kappa shape index (κ2) is 2.45. The maximum absolute atomic E-state index is 7.42. The molecule has 0 fully saturated rings. The van der Waals surface area contributed by atoms with Gasteiger partial charge in [0.1, 0.15) is 0 Å². The largest absolute Gasteiger partial charge is 0.0623 e. The predicted molar refractivity (Wildman–Crippen MR) is 45.1 cm³/mol. The standard InChI is InChI=1S/C10H14/c1-10(2,3)9-7-5-4-6-8-9/h4-8H,1-3H3/i5T. The normalized spacial score (nSPS) is 12.9. The molecule has 1 aromatic carbocycles. The third kappa shape index (κ3) is 1.60. The Balaban J connectivity index is 3.06. The molecule has 0 unspecified atom stereocenters. The molecular weight excluding hydrogens is 120 g/mol. The van der Waals surface area contributed by atoms with Crippen LogP contribution >= 0.6 is 0 Å². The highest BCUT2D eigenvalue weighted by Gasteiger charge is 2.11. The molecule has 0 N–H and O–H groups in total. The van der Waals surface area contributed by atoms with E-state index in [1.165, 1.54) is 5.56 Å². The van der Waals surface area contributed by atoms with Crippen molar-refractivity contribution in [2.75, 3.05) is 0 Å². The molecule has 0 radical (unpaired) electrons. The quantitative estimate of drug-likeness (QED) is 0.514. The summed E-state index contributed by atoms with van der Waals surface area (Å²) in [4.78, 5) is 0. The van der Waals surface area contributed by atoms with Gasteiger partial charge in [0.05, 0.1) is 1.37 Å². The van der Waals surface area contributed by atoms with Crippen LogP contribution in [-0.4, -0.2) is 0 Å². The lowest BCUT2D eigenvalue weighted by Gasteiger charge is -2.18. The topological polar surface area (TPSA) is 0 Å². The van der Waals surface area contributed by atoms with Crippen molar-refractivity contribution >= 4 is 0 Å². The molecule has 0 saturated carbocycles. The molecule has 0 nitrogen and oxygen atoms in total. The molecule has 10 heavy (non-hydrogen) atoms. The fourth-order valence-electron chi connectivity index (χ4n) is 0.860. The SMILES string of the molecule is [3H]c1cccc(C(C)(C)C)c1. The summed E-state index contributed by atoms with van der Waals surface area (Å²) in [6.07, 6.45) is 0. The van der Waals surface area contributed by atoms with Crippen molar-refractivity contribution in [2.24, 2.45) is 0 Å². The van der Waals surface area contributed by atoms with E-state index in [9.17, 15) is 0 Å². The maximum Gasteiger partial charge on any atom is 0.0623 e. The second-order valence-electron chi connectivity index (χ2n) is 3.54. The average Bonchev–Trinajstić information content (AvgIpc) is 1.86. The predicted octanol–water partition coefficient (Wildman–Crippen LogP) is 2.98. The summed E-state index contributed by atoms with van der Waals surface area (Å²) in [5.74, 6) is 0. The summed E-state index contributed by atoms with van der Waals surface area (Å²) in [6.45, 7) is 6.46. The van der Waals surface area contributed by atoms with Gasteiger partial charge in [0.25, 0.3) is 0 Å². The molecule has 0 aromatic heterocycles. The molecule has 1 aromatic rings. The van der Waals surface area contributed by atoms with Crippen LogP contribution in [0, 0.1) is 0 Å². The molecule has 0 atom stereocenters. The van der Waals surface area contributed by atoms with E-state index in [-0.39, 0.29) is 5.41 Å². The Bertz CT molecular complexity index is 245. The van der Waals surface area contributed by atoms with Crippen LogP contribution in [0.25, 0.3) is 0 Å². The van der Waals surface area contributed by atoms with Crippen LogP contribution in [0.2, 0.25) is 0 Å². The Morgan fingerprint density at radius 3 is 2.30 bits per heavy atom. The minimum absolute atomic E-state index is 0.164. The van der Waals surface area contributed by atoms with Gasteiger partial charge >= 0.3 is 0 Å². The highest BCUT2D eigenvalue weighted by molar-refractivity contribution is 5.21. The van der Waals surface area contributed by atoms with Gasteiger partial charge in [-0.15, -0.1) is 0 Å². The van der Waals surface area contributed by atoms with Gasteiger partial charge in [-0.3, -0.25) is 0 Å². The van der Waals surface area contributed by atoms with E-state index in [4.69, 9.17) is 1.37 Å². The minimum atomic E-state index is 0.164. The summed E-state index contributed by atoms with van der Waals surface area (Å²) < 4.78 is 7.42. The molecule has 0 spiro atoms. The van der Waals surface area contributed by atoms with E-state index in [1.54, 1.807) is 6.07 Å². The van der Waals surface area contributed by atoms with Crippen molar-refractivity contribution in [3.63, 3.8) is 0 Å². The van der Waals surface area contributed by atoms with Crippen molar-refractivity contribution in [1.29, 1.82) is 0 Å². The first-order chi connectivity index (χ1) is 5.00. The van der Waals surface area contributed by atoms with Crippen LogP contribution in [-0.2, 0) is 5.41 Å². The second-order valence-corrected chi connectivity index (χ2v) is 3.54. The number of rotatable bonds is 0. The van der Waals surface area contributed by atoms with E-state index in [2.05, 4.69) is 26.8 Å². The highest BCUT2D eigenvalue weighted by atomic mass is 14.2. The van der Waals surface area contributed by atoms with Gasteiger partial charge in [-0.2, -0.15) is 0 Å². The van der Waals surface area contributed by atoms with Crippen LogP contribution in [0.1, 0.15) is 27.7 Å². The molecule has 0 amide bonds. The van der Waals surface area contributed by atoms with Gasteiger partial charge in [0.15, 0.2) is 0 Å². The Morgan fingerprint density at radius 2 is 1.90 bits per heavy atom. The van der Waals surface area contributed by atoms with Gasteiger partial charge < -0.3 is 0 Å². The lowest BCUT2D eigenvalue weighted by Crippen LogP contribution is -2.10. The van der Waals surface area contributed by atoms with E-state index in [0.717, 1.165) is 0 Å². The zero-order valence-electron chi connectivity index (χ0n) is 7.81. The van der Waals surface area contributed by atoms with Gasteiger partial charge in [-0.25, -0.2) is 0 Å². The fourth-order valence-corrected chi connectivity index (χ4v) is 0.860. The van der Waals surface area contributed by atoms with Crippen molar-refractivity contribution in [2.45, 2.75) is 26.2 Å². The maximum atomic E-state index is 7.42. The molecule has 1 rings (SSSR count). The van der Waals surface area contributed by atoms with Crippen LogP contribution in [0.15, 0.2) is 30.3 Å². The monoisotopic (exact) mass is 136 g/mol. The average molecular weight is 136 g/mol. The Hall–Kier alpha value is -0.780. The molecule has 0 heteroatoms. The first kappa shape index (κ1) is 5.96. The third-order valence-corrected chi connectivity index (χ3v) is 1.57. The lowest BCUT2D eigenvalue weighted by molar-refractivity contribution is 0.590. The number of hydrogen-bond donors (Lipinski definition) is 0. The first-order valence-electron chi connectivity index (χ1n) is 4.07. The first-order valence-corrected chi connectivity index (χ1v) is 3.57. The van der Waals surface area contributed by atoms with Crippen LogP contribution in [0.5, 0.6) is 0 Å². The van der Waals surface area contributed by atoms with Gasteiger partial charge in [0.2, 0.25) is 0 Å². The fraction of sp³-hybridized carbons (Fsp3) is 0.400. The van der Waals surface area contributed by atoms with Crippen molar-refractivity contribution in [3.8, 4) is 0 Å². The summed E-state index contributed by atoms with van der Waals surface area (Å²) >= 11 is 0. The number of benzene rings is 1. The summed E-state index contributed by atoms with van der Waals surface area (Å²) in [5, 5.41) is 0. The highest BCUT2D eigenvalue weighted by Crippen LogP contribution is 2.20. The molecule has 0 aliphatic heterocycles.